The third-order valence-electron chi connectivity index (χ3n) is 2.80. The molecule has 2 heterocycles. The molecule has 1 aromatic carbocycles. The number of pyridine rings is 1. The lowest BCUT2D eigenvalue weighted by atomic mass is 10.1. The first kappa shape index (κ1) is 12.4. The van der Waals surface area contributed by atoms with Crippen LogP contribution in [-0.2, 0) is 0 Å². The maximum atomic E-state index is 13.4. The number of imidazole rings is 1. The normalized spacial score (nSPS) is 11.1. The van der Waals surface area contributed by atoms with Gasteiger partial charge in [-0.15, -0.1) is 0 Å². The molecule has 0 unspecified atom stereocenters. The van der Waals surface area contributed by atoms with Crippen LogP contribution in [0.25, 0.3) is 16.9 Å². The number of rotatable bonds is 1. The van der Waals surface area contributed by atoms with Crippen LogP contribution >= 0.6 is 27.5 Å². The number of hydrogen-bond donors (Lipinski definition) is 1. The zero-order valence-corrected chi connectivity index (χ0v) is 11.9. The Hall–Kier alpha value is -1.59. The summed E-state index contributed by atoms with van der Waals surface area (Å²) in [5.41, 5.74) is 7.85. The number of hydrogen-bond acceptors (Lipinski definition) is 2. The fraction of sp³-hybridized carbons (Fsp3) is 0. The van der Waals surface area contributed by atoms with Crippen molar-refractivity contribution in [3.05, 3.63) is 51.8 Å². The summed E-state index contributed by atoms with van der Waals surface area (Å²) in [6.45, 7) is 0. The largest absolute Gasteiger partial charge is 0.383 e. The van der Waals surface area contributed by atoms with Gasteiger partial charge in [0.1, 0.15) is 23.0 Å². The van der Waals surface area contributed by atoms with E-state index in [0.717, 1.165) is 4.47 Å². The molecular weight excluding hydrogens is 333 g/mol. The molecule has 0 radical (unpaired) electrons. The molecule has 3 nitrogen and oxygen atoms in total. The number of nitrogens with zero attached hydrogens (tertiary/aromatic N) is 2. The Kier molecular flexibility index (Phi) is 2.95. The zero-order chi connectivity index (χ0) is 13.6. The summed E-state index contributed by atoms with van der Waals surface area (Å²) in [6.07, 6.45) is 1.68. The summed E-state index contributed by atoms with van der Waals surface area (Å²) >= 11 is 9.30. The lowest BCUT2D eigenvalue weighted by Gasteiger charge is -2.03. The highest BCUT2D eigenvalue weighted by molar-refractivity contribution is 9.10. The Bertz CT molecular complexity index is 785. The Balaban J connectivity index is 2.31. The predicted molar refractivity (Wildman–Crippen MR) is 77.7 cm³/mol. The van der Waals surface area contributed by atoms with Gasteiger partial charge in [-0.2, -0.15) is 0 Å². The lowest BCUT2D eigenvalue weighted by molar-refractivity contribution is 0.628. The molecule has 0 saturated heterocycles. The van der Waals surface area contributed by atoms with Gasteiger partial charge in [0.15, 0.2) is 0 Å². The van der Waals surface area contributed by atoms with Crippen LogP contribution in [0.3, 0.4) is 0 Å². The number of nitrogen functional groups attached to an aromatic ring is 1. The van der Waals surface area contributed by atoms with Crippen molar-refractivity contribution in [3.63, 3.8) is 0 Å². The van der Waals surface area contributed by atoms with Gasteiger partial charge in [0.2, 0.25) is 0 Å². The number of anilines is 1. The van der Waals surface area contributed by atoms with Gasteiger partial charge in [0.05, 0.1) is 5.02 Å². The Morgan fingerprint density at radius 3 is 2.84 bits per heavy atom. The average molecular weight is 341 g/mol. The van der Waals surface area contributed by atoms with Crippen LogP contribution in [0.2, 0.25) is 5.02 Å². The minimum absolute atomic E-state index is 0.340. The second kappa shape index (κ2) is 4.51. The fourth-order valence-corrected chi connectivity index (χ4v) is 2.51. The molecule has 3 rings (SSSR count). The first-order chi connectivity index (χ1) is 9.06. The topological polar surface area (TPSA) is 43.3 Å². The minimum Gasteiger partial charge on any atom is -0.383 e. The minimum atomic E-state index is -0.340. The summed E-state index contributed by atoms with van der Waals surface area (Å²) < 4.78 is 15.8. The van der Waals surface area contributed by atoms with Gasteiger partial charge in [-0.3, -0.25) is 4.40 Å². The molecule has 0 atom stereocenters. The predicted octanol–water partition coefficient (Wildman–Crippen LogP) is 4.14. The summed E-state index contributed by atoms with van der Waals surface area (Å²) in [5, 5.41) is 0.557. The van der Waals surface area contributed by atoms with Crippen LogP contribution < -0.4 is 5.73 Å². The zero-order valence-electron chi connectivity index (χ0n) is 9.57. The first-order valence-corrected chi connectivity index (χ1v) is 6.62. The molecule has 96 valence electrons. The van der Waals surface area contributed by atoms with Crippen molar-refractivity contribution in [1.29, 1.82) is 0 Å². The molecule has 19 heavy (non-hydrogen) atoms. The molecule has 0 fully saturated rings. The second-order valence-corrected chi connectivity index (χ2v) is 5.34. The van der Waals surface area contributed by atoms with Gasteiger partial charge < -0.3 is 5.73 Å². The molecule has 0 saturated carbocycles. The van der Waals surface area contributed by atoms with E-state index < -0.39 is 0 Å². The molecule has 2 aromatic heterocycles. The molecule has 0 amide bonds. The third-order valence-corrected chi connectivity index (χ3v) is 3.72. The van der Waals surface area contributed by atoms with Gasteiger partial charge in [0.25, 0.3) is 0 Å². The van der Waals surface area contributed by atoms with Gasteiger partial charge in [0, 0.05) is 16.2 Å². The highest BCUT2D eigenvalue weighted by Crippen LogP contribution is 2.33. The molecule has 0 bridgehead atoms. The van der Waals surface area contributed by atoms with E-state index in [1.54, 1.807) is 28.8 Å². The second-order valence-electron chi connectivity index (χ2n) is 4.05. The standard InChI is InChI=1S/C13H8BrClFN3/c14-10-3-2-8(16)5-9(10)12-13(17)19-6-7(15)1-4-11(19)18-12/h1-6H,17H2. The van der Waals surface area contributed by atoms with Crippen molar-refractivity contribution in [1.82, 2.24) is 9.38 Å². The van der Waals surface area contributed by atoms with Crippen LogP contribution in [0.15, 0.2) is 41.0 Å². The van der Waals surface area contributed by atoms with Crippen molar-refractivity contribution < 1.29 is 4.39 Å². The third kappa shape index (κ3) is 2.09. The number of fused-ring (bicyclic) bond motifs is 1. The van der Waals surface area contributed by atoms with E-state index in [9.17, 15) is 4.39 Å². The van der Waals surface area contributed by atoms with Crippen LogP contribution in [0, 0.1) is 5.82 Å². The van der Waals surface area contributed by atoms with Crippen molar-refractivity contribution in [2.45, 2.75) is 0 Å². The maximum Gasteiger partial charge on any atom is 0.139 e. The first-order valence-electron chi connectivity index (χ1n) is 5.45. The fourth-order valence-electron chi connectivity index (χ4n) is 1.91. The Morgan fingerprint density at radius 2 is 2.05 bits per heavy atom. The number of aromatic nitrogens is 2. The monoisotopic (exact) mass is 339 g/mol. The average Bonchev–Trinajstić information content (AvgIpc) is 2.70. The maximum absolute atomic E-state index is 13.4. The SMILES string of the molecule is Nc1c(-c2cc(F)ccc2Br)nc2ccc(Cl)cn12. The summed E-state index contributed by atoms with van der Waals surface area (Å²) in [7, 11) is 0. The van der Waals surface area contributed by atoms with E-state index in [-0.39, 0.29) is 5.82 Å². The van der Waals surface area contributed by atoms with E-state index in [4.69, 9.17) is 17.3 Å². The van der Waals surface area contributed by atoms with E-state index >= 15 is 0 Å². The number of benzene rings is 1. The van der Waals surface area contributed by atoms with E-state index in [1.807, 2.05) is 0 Å². The Morgan fingerprint density at radius 1 is 1.26 bits per heavy atom. The number of nitrogens with two attached hydrogens (primary N) is 1. The van der Waals surface area contributed by atoms with Crippen molar-refractivity contribution in [2.24, 2.45) is 0 Å². The summed E-state index contributed by atoms with van der Waals surface area (Å²) in [4.78, 5) is 4.41. The molecule has 0 aliphatic carbocycles. The van der Waals surface area contributed by atoms with Crippen LogP contribution in [-0.4, -0.2) is 9.38 Å². The highest BCUT2D eigenvalue weighted by Gasteiger charge is 2.14. The molecule has 2 N–H and O–H groups in total. The van der Waals surface area contributed by atoms with E-state index in [1.165, 1.54) is 12.1 Å². The Labute approximate surface area is 122 Å². The molecule has 6 heteroatoms. The van der Waals surface area contributed by atoms with Crippen molar-refractivity contribution in [2.75, 3.05) is 5.73 Å². The van der Waals surface area contributed by atoms with Crippen molar-refractivity contribution in [3.8, 4) is 11.3 Å². The van der Waals surface area contributed by atoms with Crippen LogP contribution in [0.5, 0.6) is 0 Å². The molecule has 3 aromatic rings. The van der Waals surface area contributed by atoms with Crippen LogP contribution in [0.1, 0.15) is 0 Å². The molecular formula is C13H8BrClFN3. The van der Waals surface area contributed by atoms with E-state index in [2.05, 4.69) is 20.9 Å². The molecule has 0 spiro atoms. The lowest BCUT2D eigenvalue weighted by Crippen LogP contribution is -1.94. The van der Waals surface area contributed by atoms with Crippen molar-refractivity contribution >= 4 is 39.0 Å². The smallest absolute Gasteiger partial charge is 0.139 e. The van der Waals surface area contributed by atoms with Gasteiger partial charge in [-0.1, -0.05) is 27.5 Å². The van der Waals surface area contributed by atoms with Gasteiger partial charge in [-0.25, -0.2) is 9.37 Å². The molecule has 0 aliphatic rings. The number of halogens is 3. The van der Waals surface area contributed by atoms with Gasteiger partial charge in [-0.05, 0) is 30.3 Å². The van der Waals surface area contributed by atoms with Gasteiger partial charge >= 0.3 is 0 Å². The van der Waals surface area contributed by atoms with Crippen LogP contribution in [0.4, 0.5) is 10.2 Å². The highest BCUT2D eigenvalue weighted by atomic mass is 79.9. The van der Waals surface area contributed by atoms with E-state index in [0.29, 0.717) is 27.7 Å². The summed E-state index contributed by atoms with van der Waals surface area (Å²) in [6, 6.07) is 7.88. The molecule has 0 aliphatic heterocycles. The summed E-state index contributed by atoms with van der Waals surface area (Å²) in [5.74, 6) is 0.0801. The quantitative estimate of drug-likeness (QED) is 0.723.